The third kappa shape index (κ3) is 4.40. The largest absolute Gasteiger partial charge is 0.496 e. The van der Waals surface area contributed by atoms with E-state index in [4.69, 9.17) is 14.2 Å². The molecule has 3 rings (SSSR count). The van der Waals surface area contributed by atoms with Gasteiger partial charge in [0.25, 0.3) is 5.91 Å². The Bertz CT molecular complexity index is 1010. The van der Waals surface area contributed by atoms with E-state index in [9.17, 15) is 13.2 Å². The number of hydrogen-bond acceptors (Lipinski definition) is 6. The second-order valence-corrected chi connectivity index (χ2v) is 8.51. The quantitative estimate of drug-likeness (QED) is 0.738. The van der Waals surface area contributed by atoms with Gasteiger partial charge in [-0.2, -0.15) is 0 Å². The number of benzene rings is 2. The normalized spacial score (nSPS) is 15.1. The van der Waals surface area contributed by atoms with E-state index >= 15 is 0 Å². The molecule has 1 N–H and O–H groups in total. The van der Waals surface area contributed by atoms with Crippen molar-refractivity contribution in [1.82, 2.24) is 5.32 Å². The minimum atomic E-state index is -3.30. The number of methoxy groups -OCH3 is 3. The minimum absolute atomic E-state index is 0.128. The fourth-order valence-corrected chi connectivity index (χ4v) is 4.80. The first kappa shape index (κ1) is 20.8. The van der Waals surface area contributed by atoms with Crippen LogP contribution in [0.4, 0.5) is 5.69 Å². The topological polar surface area (TPSA) is 94.2 Å². The van der Waals surface area contributed by atoms with Crippen molar-refractivity contribution >= 4 is 21.6 Å². The molecule has 156 valence electrons. The van der Waals surface area contributed by atoms with Crippen molar-refractivity contribution < 1.29 is 27.4 Å². The second-order valence-electron chi connectivity index (χ2n) is 6.49. The van der Waals surface area contributed by atoms with Gasteiger partial charge in [-0.05, 0) is 30.7 Å². The van der Waals surface area contributed by atoms with Crippen LogP contribution < -0.4 is 23.8 Å². The summed E-state index contributed by atoms with van der Waals surface area (Å²) in [6, 6.07) is 10.0. The van der Waals surface area contributed by atoms with E-state index in [-0.39, 0.29) is 18.2 Å². The Hall–Kier alpha value is -2.94. The molecule has 0 unspecified atom stereocenters. The average molecular weight is 420 g/mol. The van der Waals surface area contributed by atoms with Gasteiger partial charge in [-0.25, -0.2) is 8.42 Å². The monoisotopic (exact) mass is 420 g/mol. The predicted molar refractivity (Wildman–Crippen MR) is 109 cm³/mol. The summed E-state index contributed by atoms with van der Waals surface area (Å²) in [5.41, 5.74) is 1.60. The average Bonchev–Trinajstić information content (AvgIpc) is 3.10. The molecule has 9 heteroatoms. The maximum Gasteiger partial charge on any atom is 0.251 e. The number of rotatable bonds is 7. The van der Waals surface area contributed by atoms with Gasteiger partial charge in [0.2, 0.25) is 10.0 Å². The summed E-state index contributed by atoms with van der Waals surface area (Å²) in [6.07, 6.45) is 0.581. The lowest BCUT2D eigenvalue weighted by Crippen LogP contribution is -2.26. The van der Waals surface area contributed by atoms with Gasteiger partial charge in [0.05, 0.1) is 32.8 Å². The Kier molecular flexibility index (Phi) is 6.17. The molecule has 0 aromatic heterocycles. The number of carbonyl (C=O) groups excluding carboxylic acids is 1. The number of nitrogens with one attached hydrogen (secondary N) is 1. The number of nitrogens with zero attached hydrogens (tertiary/aromatic N) is 1. The number of ether oxygens (including phenoxy) is 3. The van der Waals surface area contributed by atoms with Crippen LogP contribution in [0.15, 0.2) is 36.4 Å². The molecule has 2 aromatic carbocycles. The third-order valence-electron chi connectivity index (χ3n) is 4.72. The maximum atomic E-state index is 12.6. The lowest BCUT2D eigenvalue weighted by atomic mass is 10.1. The fraction of sp³-hybridized carbons (Fsp3) is 0.350. The summed E-state index contributed by atoms with van der Waals surface area (Å²) in [5, 5.41) is 2.83. The van der Waals surface area contributed by atoms with Crippen molar-refractivity contribution in [1.29, 1.82) is 0 Å². The third-order valence-corrected chi connectivity index (χ3v) is 6.59. The molecule has 2 aromatic rings. The number of amides is 1. The molecule has 8 nitrogen and oxygen atoms in total. The van der Waals surface area contributed by atoms with Crippen LogP contribution in [-0.2, 0) is 16.6 Å². The summed E-state index contributed by atoms with van der Waals surface area (Å²) in [4.78, 5) is 12.6. The fourth-order valence-electron chi connectivity index (χ4n) is 3.24. The van der Waals surface area contributed by atoms with Gasteiger partial charge < -0.3 is 19.5 Å². The van der Waals surface area contributed by atoms with Crippen molar-refractivity contribution in [3.63, 3.8) is 0 Å². The van der Waals surface area contributed by atoms with Crippen molar-refractivity contribution in [2.24, 2.45) is 0 Å². The van der Waals surface area contributed by atoms with Crippen LogP contribution in [0.5, 0.6) is 17.2 Å². The summed E-state index contributed by atoms with van der Waals surface area (Å²) >= 11 is 0. The van der Waals surface area contributed by atoms with E-state index in [0.29, 0.717) is 41.5 Å². The van der Waals surface area contributed by atoms with Gasteiger partial charge in [-0.15, -0.1) is 0 Å². The number of carbonyl (C=O) groups is 1. The van der Waals surface area contributed by atoms with Crippen molar-refractivity contribution in [3.8, 4) is 17.2 Å². The molecular weight excluding hydrogens is 396 g/mol. The van der Waals surface area contributed by atoms with Crippen LogP contribution in [0, 0.1) is 0 Å². The maximum absolute atomic E-state index is 12.6. The predicted octanol–water partition coefficient (Wildman–Crippen LogP) is 2.18. The van der Waals surface area contributed by atoms with E-state index in [1.54, 1.807) is 36.4 Å². The molecule has 1 saturated heterocycles. The standard InChI is InChI=1S/C20H24N2O6S/c1-26-17-12-19(28-3)18(27-2)11-15(17)13-21-20(23)14-6-4-7-16(10-14)22-8-5-9-29(22,24)25/h4,6-7,10-12H,5,8-9,13H2,1-3H3,(H,21,23). The Labute approximate surface area is 170 Å². The van der Waals surface area contributed by atoms with Gasteiger partial charge in [-0.3, -0.25) is 9.10 Å². The first-order valence-electron chi connectivity index (χ1n) is 9.07. The van der Waals surface area contributed by atoms with Crippen LogP contribution in [0.2, 0.25) is 0 Å². The van der Waals surface area contributed by atoms with Crippen LogP contribution in [-0.4, -0.2) is 48.0 Å². The Morgan fingerprint density at radius 2 is 1.72 bits per heavy atom. The molecule has 29 heavy (non-hydrogen) atoms. The minimum Gasteiger partial charge on any atom is -0.496 e. The molecule has 0 radical (unpaired) electrons. The van der Waals surface area contributed by atoms with Crippen LogP contribution in [0.25, 0.3) is 0 Å². The molecular formula is C20H24N2O6S. The Balaban J connectivity index is 1.77. The van der Waals surface area contributed by atoms with Gasteiger partial charge in [-0.1, -0.05) is 6.07 Å². The molecule has 1 aliphatic heterocycles. The zero-order chi connectivity index (χ0) is 21.0. The van der Waals surface area contributed by atoms with Crippen molar-refractivity contribution in [2.75, 3.05) is 37.9 Å². The Morgan fingerprint density at radius 3 is 2.34 bits per heavy atom. The van der Waals surface area contributed by atoms with Crippen LogP contribution in [0.3, 0.4) is 0 Å². The zero-order valence-corrected chi connectivity index (χ0v) is 17.4. The molecule has 0 saturated carbocycles. The number of anilines is 1. The first-order valence-corrected chi connectivity index (χ1v) is 10.7. The van der Waals surface area contributed by atoms with Gasteiger partial charge in [0.15, 0.2) is 11.5 Å². The molecule has 1 aliphatic rings. The molecule has 0 spiro atoms. The molecule has 0 atom stereocenters. The molecule has 1 amide bonds. The highest BCUT2D eigenvalue weighted by atomic mass is 32.2. The van der Waals surface area contributed by atoms with Gasteiger partial charge in [0.1, 0.15) is 5.75 Å². The summed E-state index contributed by atoms with van der Waals surface area (Å²) in [7, 11) is 1.30. The van der Waals surface area contributed by atoms with E-state index in [1.165, 1.54) is 25.6 Å². The van der Waals surface area contributed by atoms with Gasteiger partial charge >= 0.3 is 0 Å². The van der Waals surface area contributed by atoms with E-state index in [0.717, 1.165) is 5.56 Å². The molecule has 1 heterocycles. The first-order chi connectivity index (χ1) is 13.9. The highest BCUT2D eigenvalue weighted by molar-refractivity contribution is 7.93. The van der Waals surface area contributed by atoms with Crippen molar-refractivity contribution in [3.05, 3.63) is 47.5 Å². The summed E-state index contributed by atoms with van der Waals surface area (Å²) in [5.74, 6) is 1.42. The summed E-state index contributed by atoms with van der Waals surface area (Å²) < 4.78 is 41.5. The number of hydrogen-bond donors (Lipinski definition) is 1. The van der Waals surface area contributed by atoms with Crippen LogP contribution in [0.1, 0.15) is 22.3 Å². The second kappa shape index (κ2) is 8.60. The molecule has 0 aliphatic carbocycles. The van der Waals surface area contributed by atoms with Crippen LogP contribution >= 0.6 is 0 Å². The highest BCUT2D eigenvalue weighted by Crippen LogP contribution is 2.34. The van der Waals surface area contributed by atoms with Crippen molar-refractivity contribution in [2.45, 2.75) is 13.0 Å². The van der Waals surface area contributed by atoms with E-state index in [2.05, 4.69) is 5.32 Å². The highest BCUT2D eigenvalue weighted by Gasteiger charge is 2.28. The van der Waals surface area contributed by atoms with Gasteiger partial charge in [0, 0.05) is 30.3 Å². The lowest BCUT2D eigenvalue weighted by Gasteiger charge is -2.18. The smallest absolute Gasteiger partial charge is 0.251 e. The molecule has 0 bridgehead atoms. The van der Waals surface area contributed by atoms with E-state index < -0.39 is 10.0 Å². The molecule has 1 fully saturated rings. The summed E-state index contributed by atoms with van der Waals surface area (Å²) in [6.45, 7) is 0.630. The number of sulfonamides is 1. The Morgan fingerprint density at radius 1 is 1.03 bits per heavy atom. The SMILES string of the molecule is COc1cc(OC)c(OC)cc1CNC(=O)c1cccc(N2CCCS2(=O)=O)c1. The van der Waals surface area contributed by atoms with E-state index in [1.807, 2.05) is 0 Å². The zero-order valence-electron chi connectivity index (χ0n) is 16.6. The lowest BCUT2D eigenvalue weighted by molar-refractivity contribution is 0.0950.